The Morgan fingerprint density at radius 2 is 1.85 bits per heavy atom. The number of likely N-dealkylation sites (tertiary alicyclic amines) is 1. The minimum absolute atomic E-state index is 0.00930. The molecule has 2 N–H and O–H groups in total. The van der Waals surface area contributed by atoms with Gasteiger partial charge >= 0.3 is 6.01 Å². The van der Waals surface area contributed by atoms with Gasteiger partial charge in [0.25, 0.3) is 0 Å². The van der Waals surface area contributed by atoms with Gasteiger partial charge in [0, 0.05) is 42.4 Å². The van der Waals surface area contributed by atoms with Crippen LogP contribution in [-0.4, -0.2) is 100 Å². The van der Waals surface area contributed by atoms with Crippen LogP contribution in [0.25, 0.3) is 32.9 Å². The first-order valence-corrected chi connectivity index (χ1v) is 19.4. The Hall–Kier alpha value is -3.71. The number of ether oxygens (including phenoxy) is 3. The van der Waals surface area contributed by atoms with Crippen molar-refractivity contribution in [3.05, 3.63) is 47.7 Å². The van der Waals surface area contributed by atoms with Crippen molar-refractivity contribution in [2.45, 2.75) is 89.3 Å². The molecule has 3 unspecified atom stereocenters. The number of rotatable bonds is 7. The lowest BCUT2D eigenvalue weighted by Gasteiger charge is -2.56. The number of pyridine rings is 1. The van der Waals surface area contributed by atoms with Crippen molar-refractivity contribution in [3.8, 4) is 23.0 Å². The number of nitrogens with zero attached hydrogens (tertiary/aromatic N) is 5. The van der Waals surface area contributed by atoms with Crippen LogP contribution in [0.1, 0.15) is 70.8 Å². The fourth-order valence-electron chi connectivity index (χ4n) is 10.5. The number of halogens is 2. The van der Waals surface area contributed by atoms with Crippen molar-refractivity contribution < 1.29 is 33.2 Å². The molecule has 53 heavy (non-hydrogen) atoms. The van der Waals surface area contributed by atoms with Crippen molar-refractivity contribution >= 4 is 27.5 Å². The quantitative estimate of drug-likeness (QED) is 0.217. The second-order valence-electron chi connectivity index (χ2n) is 16.7. The van der Waals surface area contributed by atoms with Crippen LogP contribution in [0.4, 0.5) is 14.6 Å². The molecule has 0 bridgehead atoms. The summed E-state index contributed by atoms with van der Waals surface area (Å²) in [7, 11) is 0. The first-order chi connectivity index (χ1) is 25.6. The summed E-state index contributed by atoms with van der Waals surface area (Å²) < 4.78 is 50.4. The second-order valence-corrected chi connectivity index (χ2v) is 16.7. The highest BCUT2D eigenvalue weighted by Gasteiger charge is 2.55. The van der Waals surface area contributed by atoms with Crippen LogP contribution in [0.3, 0.4) is 0 Å². The molecule has 5 heterocycles. The summed E-state index contributed by atoms with van der Waals surface area (Å²) in [6.45, 7) is 7.97. The van der Waals surface area contributed by atoms with E-state index in [2.05, 4.69) is 9.88 Å². The van der Waals surface area contributed by atoms with Crippen molar-refractivity contribution in [2.75, 3.05) is 57.6 Å². The average Bonchev–Trinajstić information content (AvgIpc) is 3.76. The number of fused-ring (bicyclic) bond motifs is 3. The lowest BCUT2D eigenvalue weighted by Crippen LogP contribution is -2.60. The maximum Gasteiger partial charge on any atom is 0.319 e. The zero-order valence-corrected chi connectivity index (χ0v) is 30.7. The zero-order valence-electron chi connectivity index (χ0n) is 30.7. The third-order valence-corrected chi connectivity index (χ3v) is 13.0. The molecule has 4 aromatic rings. The molecule has 12 heteroatoms. The second kappa shape index (κ2) is 13.2. The van der Waals surface area contributed by atoms with Gasteiger partial charge in [-0.15, -0.1) is 0 Å². The molecule has 3 atom stereocenters. The largest absolute Gasteiger partial charge is 0.508 e. The molecule has 2 aromatic carbocycles. The van der Waals surface area contributed by atoms with Gasteiger partial charge in [-0.3, -0.25) is 9.88 Å². The molecule has 0 radical (unpaired) electrons. The highest BCUT2D eigenvalue weighted by Crippen LogP contribution is 2.55. The lowest BCUT2D eigenvalue weighted by molar-refractivity contribution is -0.0813. The van der Waals surface area contributed by atoms with E-state index in [0.29, 0.717) is 71.2 Å². The third kappa shape index (κ3) is 6.10. The van der Waals surface area contributed by atoms with Gasteiger partial charge in [0.05, 0.1) is 38.4 Å². The fraction of sp³-hybridized carbons (Fsp3) is 0.585. The Bertz CT molecular complexity index is 2050. The van der Waals surface area contributed by atoms with Gasteiger partial charge in [-0.1, -0.05) is 19.4 Å². The van der Waals surface area contributed by atoms with E-state index in [1.165, 1.54) is 37.6 Å². The molecule has 10 nitrogen and oxygen atoms in total. The number of aromatic hydroxyl groups is 1. The Kier molecular flexibility index (Phi) is 8.75. The van der Waals surface area contributed by atoms with Crippen LogP contribution < -0.4 is 9.64 Å². The maximum atomic E-state index is 17.1. The number of β-amino-alcohol motifs (C(OH)–C–C–N with tert-alkyl or cyclic N) is 1. The molecule has 3 saturated heterocycles. The summed E-state index contributed by atoms with van der Waals surface area (Å²) in [5, 5.41) is 23.2. The van der Waals surface area contributed by atoms with Gasteiger partial charge in [0.1, 0.15) is 34.2 Å². The van der Waals surface area contributed by atoms with Crippen LogP contribution in [-0.2, 0) is 15.9 Å². The molecule has 9 rings (SSSR count). The SMILES string of the molecule is CCc1c(F)ccc2cc(O)cc(-c3ncc4c(N5CCOCC(C)(O)C5)nc(OCC56CCCC5N(C5CC7(CCOC7)C5)CCC6)nc4c3F)c12. The Labute approximate surface area is 308 Å². The predicted molar refractivity (Wildman–Crippen MR) is 197 cm³/mol. The summed E-state index contributed by atoms with van der Waals surface area (Å²) in [5.74, 6) is -0.803. The number of aliphatic hydroxyl groups is 1. The van der Waals surface area contributed by atoms with Gasteiger partial charge in [-0.05, 0) is 105 Å². The van der Waals surface area contributed by atoms with Crippen LogP contribution in [0.2, 0.25) is 0 Å². The number of aromatic nitrogens is 3. The molecule has 282 valence electrons. The molecular formula is C41H49F2N5O5. The van der Waals surface area contributed by atoms with Gasteiger partial charge in [-0.2, -0.15) is 9.97 Å². The Balaban J connectivity index is 1.10. The predicted octanol–water partition coefficient (Wildman–Crippen LogP) is 6.56. The normalized spacial score (nSPS) is 30.5. The summed E-state index contributed by atoms with van der Waals surface area (Å²) >= 11 is 0. The van der Waals surface area contributed by atoms with Crippen LogP contribution >= 0.6 is 0 Å². The fourth-order valence-corrected chi connectivity index (χ4v) is 10.5. The molecule has 1 spiro atoms. The number of benzene rings is 2. The topological polar surface area (TPSA) is 113 Å². The third-order valence-electron chi connectivity index (χ3n) is 13.0. The standard InChI is InChI=1S/C41H49F2N5O5/c1-3-28-31(42)8-7-25-16-27(49)17-29(33(25)28)35-34(43)36-30(20-44-35)37(47-13-15-52-22-39(2,50)21-47)46-38(45-36)53-24-41-9-4-6-32(41)48(12-5-10-41)26-18-40(19-26)11-14-51-23-40/h7-8,16-17,20,26,32,49-50H,3-6,9-15,18-19,21-24H2,1-2H3. The summed E-state index contributed by atoms with van der Waals surface area (Å²) in [4.78, 5) is 18.9. The van der Waals surface area contributed by atoms with Crippen LogP contribution in [0, 0.1) is 22.5 Å². The smallest absolute Gasteiger partial charge is 0.319 e. The highest BCUT2D eigenvalue weighted by atomic mass is 19.1. The van der Waals surface area contributed by atoms with Crippen LogP contribution in [0.5, 0.6) is 11.8 Å². The highest BCUT2D eigenvalue weighted by molar-refractivity contribution is 6.01. The summed E-state index contributed by atoms with van der Waals surface area (Å²) in [5.41, 5.74) is -0.199. The van der Waals surface area contributed by atoms with E-state index in [1.807, 2.05) is 11.8 Å². The number of phenols is 1. The van der Waals surface area contributed by atoms with Crippen molar-refractivity contribution in [1.29, 1.82) is 0 Å². The molecule has 3 aliphatic heterocycles. The monoisotopic (exact) mass is 729 g/mol. The summed E-state index contributed by atoms with van der Waals surface area (Å²) in [6.07, 6.45) is 11.0. The molecule has 0 amide bonds. The zero-order chi connectivity index (χ0) is 36.5. The Morgan fingerprint density at radius 1 is 1.02 bits per heavy atom. The van der Waals surface area contributed by atoms with Gasteiger partial charge in [-0.25, -0.2) is 8.78 Å². The molecule has 5 aliphatic rings. The maximum absolute atomic E-state index is 17.1. The van der Waals surface area contributed by atoms with Crippen molar-refractivity contribution in [1.82, 2.24) is 19.9 Å². The number of anilines is 1. The van der Waals surface area contributed by atoms with E-state index < -0.39 is 17.2 Å². The molecule has 5 fully saturated rings. The van der Waals surface area contributed by atoms with E-state index in [4.69, 9.17) is 24.2 Å². The van der Waals surface area contributed by atoms with Gasteiger partial charge in [0.2, 0.25) is 0 Å². The van der Waals surface area contributed by atoms with E-state index >= 15 is 8.78 Å². The number of hydrogen-bond acceptors (Lipinski definition) is 10. The van der Waals surface area contributed by atoms with Crippen LogP contribution in [0.15, 0.2) is 30.5 Å². The molecule has 2 aromatic heterocycles. The first-order valence-electron chi connectivity index (χ1n) is 19.4. The van der Waals surface area contributed by atoms with Crippen molar-refractivity contribution in [2.24, 2.45) is 10.8 Å². The number of piperidine rings is 1. The molecule has 2 saturated carbocycles. The van der Waals surface area contributed by atoms with Gasteiger partial charge < -0.3 is 29.3 Å². The molecular weight excluding hydrogens is 680 g/mol. The van der Waals surface area contributed by atoms with E-state index in [1.54, 1.807) is 19.1 Å². The van der Waals surface area contributed by atoms with Gasteiger partial charge in [0.15, 0.2) is 5.82 Å². The van der Waals surface area contributed by atoms with E-state index in [9.17, 15) is 10.2 Å². The number of aryl methyl sites for hydroxylation is 1. The van der Waals surface area contributed by atoms with E-state index in [0.717, 1.165) is 51.9 Å². The molecule has 2 aliphatic carbocycles. The minimum Gasteiger partial charge on any atom is -0.508 e. The summed E-state index contributed by atoms with van der Waals surface area (Å²) in [6, 6.07) is 6.99. The lowest BCUT2D eigenvalue weighted by atomic mass is 9.63. The number of hydrogen-bond donors (Lipinski definition) is 2. The minimum atomic E-state index is -1.17. The average molecular weight is 730 g/mol. The van der Waals surface area contributed by atoms with Crippen molar-refractivity contribution in [3.63, 3.8) is 0 Å². The Morgan fingerprint density at radius 3 is 2.66 bits per heavy atom. The first kappa shape index (κ1) is 35.0. The number of phenolic OH excluding ortho intramolecular Hbond substituents is 1. The van der Waals surface area contributed by atoms with E-state index in [-0.39, 0.29) is 47.1 Å².